The zero-order chi connectivity index (χ0) is 27.1. The molecule has 5 aromatic rings. The highest BCUT2D eigenvalue weighted by Gasteiger charge is 2.22. The first-order chi connectivity index (χ1) is 18.9. The smallest absolute Gasteiger partial charge is 0.413 e. The summed E-state index contributed by atoms with van der Waals surface area (Å²) in [5, 5.41) is 20.4. The van der Waals surface area contributed by atoms with Crippen molar-refractivity contribution >= 4 is 55.5 Å². The van der Waals surface area contributed by atoms with Crippen LogP contribution in [0.25, 0.3) is 36.0 Å². The minimum absolute atomic E-state index is 0.0485. The maximum absolute atomic E-state index is 12.7. The number of allylic oxidation sites excluding steroid dienone is 1. The molecular weight excluding hydrogens is 532 g/mol. The van der Waals surface area contributed by atoms with Gasteiger partial charge in [-0.2, -0.15) is 0 Å². The third-order valence-corrected chi connectivity index (χ3v) is 9.04. The van der Waals surface area contributed by atoms with E-state index in [4.69, 9.17) is 9.84 Å². The van der Waals surface area contributed by atoms with Gasteiger partial charge in [0, 0.05) is 21.3 Å². The van der Waals surface area contributed by atoms with Gasteiger partial charge >= 0.3 is 12.1 Å². The van der Waals surface area contributed by atoms with E-state index in [2.05, 4.69) is 39.9 Å². The molecule has 6 rings (SSSR count). The van der Waals surface area contributed by atoms with Gasteiger partial charge in [-0.15, -0.1) is 27.8 Å². The number of amides is 1. The average molecular weight is 557 g/mol. The van der Waals surface area contributed by atoms with Crippen molar-refractivity contribution in [2.75, 3.05) is 5.32 Å². The van der Waals surface area contributed by atoms with E-state index in [1.54, 1.807) is 29.7 Å². The largest absolute Gasteiger partial charge is 0.481 e. The van der Waals surface area contributed by atoms with Gasteiger partial charge in [0.1, 0.15) is 11.8 Å². The van der Waals surface area contributed by atoms with Crippen molar-refractivity contribution in [1.82, 2.24) is 15.0 Å². The summed E-state index contributed by atoms with van der Waals surface area (Å²) < 4.78 is 9.34. The lowest BCUT2D eigenvalue weighted by atomic mass is 10.0. The Bertz CT molecular complexity index is 1720. The summed E-state index contributed by atoms with van der Waals surface area (Å²) in [4.78, 5) is 25.9. The Kier molecular flexibility index (Phi) is 6.49. The van der Waals surface area contributed by atoms with Gasteiger partial charge in [-0.1, -0.05) is 53.8 Å². The number of ether oxygens (including phenoxy) is 1. The van der Waals surface area contributed by atoms with E-state index < -0.39 is 18.2 Å². The number of aromatic nitrogens is 3. The van der Waals surface area contributed by atoms with Crippen LogP contribution >= 0.6 is 22.7 Å². The summed E-state index contributed by atoms with van der Waals surface area (Å²) in [5.74, 6) is -0.342. The Morgan fingerprint density at radius 1 is 1.08 bits per heavy atom. The molecule has 2 N–H and O–H groups in total. The predicted octanol–water partition coefficient (Wildman–Crippen LogP) is 7.15. The molecule has 10 heteroatoms. The number of anilines is 1. The highest BCUT2D eigenvalue weighted by molar-refractivity contribution is 7.31. The molecule has 1 aliphatic carbocycles. The van der Waals surface area contributed by atoms with Gasteiger partial charge in [-0.05, 0) is 59.4 Å². The second-order valence-electron chi connectivity index (χ2n) is 9.32. The van der Waals surface area contributed by atoms with Crippen LogP contribution in [0.5, 0.6) is 0 Å². The van der Waals surface area contributed by atoms with Gasteiger partial charge in [-0.3, -0.25) is 10.1 Å². The molecule has 8 nitrogen and oxygen atoms in total. The molecule has 0 saturated carbocycles. The molecule has 1 atom stereocenters. The van der Waals surface area contributed by atoms with Gasteiger partial charge in [0.2, 0.25) is 0 Å². The Morgan fingerprint density at radius 2 is 1.82 bits per heavy atom. The second-order valence-corrected chi connectivity index (χ2v) is 11.5. The SMILES string of the molecule is C[C@@H](OC(=O)Nc1c(-c2cc3sc(-c4ccc5c(c4)CC=C5CC(=O)O)cc3s2)nnn1C)c1ccccc1. The lowest BCUT2D eigenvalue weighted by Crippen LogP contribution is -2.18. The monoisotopic (exact) mass is 556 g/mol. The maximum Gasteiger partial charge on any atom is 0.413 e. The Morgan fingerprint density at radius 3 is 2.59 bits per heavy atom. The molecule has 0 spiro atoms. The van der Waals surface area contributed by atoms with E-state index in [9.17, 15) is 9.59 Å². The molecule has 0 fully saturated rings. The summed E-state index contributed by atoms with van der Waals surface area (Å²) in [5.41, 5.74) is 5.68. The first kappa shape index (κ1) is 25.0. The van der Waals surface area contributed by atoms with E-state index in [0.717, 1.165) is 53.4 Å². The number of aliphatic carboxylic acids is 1. The van der Waals surface area contributed by atoms with E-state index >= 15 is 0 Å². The summed E-state index contributed by atoms with van der Waals surface area (Å²) >= 11 is 3.28. The fourth-order valence-corrected chi connectivity index (χ4v) is 7.12. The standard InChI is InChI=1S/C29H24N4O4S2/c1-16(17-6-4-3-5-7-17)37-29(36)30-28-27(31-32-33(28)2)25-15-24-23(39-25)14-22(38-24)20-10-11-21-18(12-20)8-9-19(21)13-26(34)35/h3-7,9-12,14-16H,8,13H2,1-2H3,(H,30,36)(H,34,35)/t16-/m1/s1. The summed E-state index contributed by atoms with van der Waals surface area (Å²) in [6, 6.07) is 20.0. The number of hydrogen-bond donors (Lipinski definition) is 2. The number of carboxylic acids is 1. The van der Waals surface area contributed by atoms with Crippen molar-refractivity contribution in [1.29, 1.82) is 0 Å². The molecule has 2 aromatic carbocycles. The molecule has 1 amide bonds. The van der Waals surface area contributed by atoms with Crippen molar-refractivity contribution in [2.45, 2.75) is 25.9 Å². The van der Waals surface area contributed by atoms with E-state index in [0.29, 0.717) is 11.5 Å². The highest BCUT2D eigenvalue weighted by Crippen LogP contribution is 2.43. The van der Waals surface area contributed by atoms with E-state index in [-0.39, 0.29) is 6.42 Å². The second kappa shape index (κ2) is 10.1. The molecule has 196 valence electrons. The van der Waals surface area contributed by atoms with Crippen LogP contribution in [0.4, 0.5) is 10.6 Å². The minimum Gasteiger partial charge on any atom is -0.481 e. The number of fused-ring (bicyclic) bond motifs is 2. The number of benzene rings is 2. The zero-order valence-corrected chi connectivity index (χ0v) is 22.8. The molecule has 0 aliphatic heterocycles. The Labute approximate surface area is 232 Å². The molecule has 0 unspecified atom stereocenters. The van der Waals surface area contributed by atoms with Gasteiger partial charge in [0.05, 0.1) is 11.3 Å². The molecule has 39 heavy (non-hydrogen) atoms. The normalized spacial score (nSPS) is 13.2. The fourth-order valence-electron chi connectivity index (χ4n) is 4.74. The van der Waals surface area contributed by atoms with Crippen LogP contribution in [0.15, 0.2) is 66.7 Å². The van der Waals surface area contributed by atoms with Gasteiger partial charge in [-0.25, -0.2) is 9.48 Å². The van der Waals surface area contributed by atoms with Crippen LogP contribution in [0.2, 0.25) is 0 Å². The van der Waals surface area contributed by atoms with Crippen LogP contribution < -0.4 is 5.32 Å². The third-order valence-electron chi connectivity index (χ3n) is 6.69. The summed E-state index contributed by atoms with van der Waals surface area (Å²) in [7, 11) is 1.73. The van der Waals surface area contributed by atoms with Crippen LogP contribution in [0, 0.1) is 0 Å². The van der Waals surface area contributed by atoms with Crippen molar-refractivity contribution in [3.8, 4) is 21.0 Å². The maximum atomic E-state index is 12.7. The molecule has 0 bridgehead atoms. The van der Waals surface area contributed by atoms with Crippen molar-refractivity contribution in [3.63, 3.8) is 0 Å². The van der Waals surface area contributed by atoms with Crippen molar-refractivity contribution in [2.24, 2.45) is 7.05 Å². The van der Waals surface area contributed by atoms with E-state index in [1.165, 1.54) is 4.68 Å². The van der Waals surface area contributed by atoms with Crippen molar-refractivity contribution in [3.05, 3.63) is 83.4 Å². The molecule has 0 saturated heterocycles. The number of nitrogens with one attached hydrogen (secondary N) is 1. The van der Waals surface area contributed by atoms with Gasteiger partial charge in [0.15, 0.2) is 5.82 Å². The van der Waals surface area contributed by atoms with Crippen LogP contribution in [0.3, 0.4) is 0 Å². The number of carboxylic acid groups (broad SMARTS) is 1. The number of carbonyl (C=O) groups is 2. The Balaban J connectivity index is 1.20. The first-order valence-electron chi connectivity index (χ1n) is 12.4. The summed E-state index contributed by atoms with van der Waals surface area (Å²) in [6.07, 6.45) is 1.83. The number of rotatable bonds is 7. The fraction of sp³-hybridized carbons (Fsp3) is 0.172. The van der Waals surface area contributed by atoms with Gasteiger partial charge in [0.25, 0.3) is 0 Å². The lowest BCUT2D eigenvalue weighted by Gasteiger charge is -2.14. The lowest BCUT2D eigenvalue weighted by molar-refractivity contribution is -0.135. The van der Waals surface area contributed by atoms with E-state index in [1.807, 2.05) is 49.4 Å². The molecule has 3 heterocycles. The molecule has 0 radical (unpaired) electrons. The number of nitrogens with zero attached hydrogens (tertiary/aromatic N) is 3. The Hall–Kier alpha value is -4.28. The zero-order valence-electron chi connectivity index (χ0n) is 21.2. The number of carbonyl (C=O) groups excluding carboxylic acids is 1. The summed E-state index contributed by atoms with van der Waals surface area (Å²) in [6.45, 7) is 1.83. The average Bonchev–Trinajstić information content (AvgIpc) is 3.68. The van der Waals surface area contributed by atoms with Crippen LogP contribution in [-0.2, 0) is 23.0 Å². The predicted molar refractivity (Wildman–Crippen MR) is 154 cm³/mol. The molecule has 3 aromatic heterocycles. The molecule has 1 aliphatic rings. The first-order valence-corrected chi connectivity index (χ1v) is 14.0. The number of thiophene rings is 2. The van der Waals surface area contributed by atoms with Gasteiger partial charge < -0.3 is 9.84 Å². The van der Waals surface area contributed by atoms with Crippen LogP contribution in [-0.4, -0.2) is 32.2 Å². The quantitative estimate of drug-likeness (QED) is 0.221. The topological polar surface area (TPSA) is 106 Å². The van der Waals surface area contributed by atoms with Crippen molar-refractivity contribution < 1.29 is 19.4 Å². The number of aryl methyl sites for hydroxylation is 1. The van der Waals surface area contributed by atoms with Crippen LogP contribution in [0.1, 0.15) is 36.1 Å². The molecular formula is C29H24N4O4S2. The third kappa shape index (κ3) is 4.96. The highest BCUT2D eigenvalue weighted by atomic mass is 32.1. The number of hydrogen-bond acceptors (Lipinski definition) is 7. The minimum atomic E-state index is -0.812.